The quantitative estimate of drug-likeness (QED) is 0.169. The van der Waals surface area contributed by atoms with Crippen LogP contribution < -0.4 is 11.4 Å². The first-order valence-electron chi connectivity index (χ1n) is 9.27. The zero-order valence-electron chi connectivity index (χ0n) is 16.3. The smallest absolute Gasteiger partial charge is 0.387 e. The molecule has 1 aromatic heterocycles. The first-order chi connectivity index (χ1) is 14.9. The molecular formula is C15H24N3O13P. The molecule has 2 unspecified atom stereocenters. The number of hydrogen-bond donors (Lipinski definition) is 8. The third-order valence-corrected chi connectivity index (χ3v) is 5.90. The largest absolute Gasteiger partial charge is 0.472 e. The Morgan fingerprint density at radius 2 is 1.53 bits per heavy atom. The molecule has 3 heterocycles. The lowest BCUT2D eigenvalue weighted by atomic mass is 10.00. The van der Waals surface area contributed by atoms with Crippen molar-refractivity contribution in [3.05, 3.63) is 22.7 Å². The van der Waals surface area contributed by atoms with Gasteiger partial charge in [-0.2, -0.15) is 4.98 Å². The second-order valence-corrected chi connectivity index (χ2v) is 8.64. The Labute approximate surface area is 179 Å². The number of rotatable bonds is 7. The van der Waals surface area contributed by atoms with E-state index in [2.05, 4.69) is 9.51 Å². The van der Waals surface area contributed by atoms with Gasteiger partial charge in [0.25, 0.3) is 0 Å². The Balaban J connectivity index is 1.56. The Morgan fingerprint density at radius 1 is 0.969 bits per heavy atom. The minimum Gasteiger partial charge on any atom is -0.387 e. The molecule has 0 bridgehead atoms. The third-order valence-electron chi connectivity index (χ3n) is 4.95. The van der Waals surface area contributed by atoms with Crippen molar-refractivity contribution >= 4 is 13.6 Å². The molecule has 16 nitrogen and oxygen atoms in total. The molecule has 182 valence electrons. The monoisotopic (exact) mass is 485 g/mol. The standard InChI is InChI=1S/C15H24N3O13P/c16-7-1-2-18(15(25)17-7)13-11(22)9(20)5(30-13)3-28-32(26,27)29-4-6-8(19)10(21)12(23)14(24)31-6/h1-2,5-6,8-14,19-24H,3-4H2,(H,26,27)(H2,16,17,25)/t5?,6-,8-,9-,10+,11+,12-,13-,14+/m1/s1. The van der Waals surface area contributed by atoms with E-state index in [0.717, 1.165) is 4.57 Å². The molecular weight excluding hydrogens is 461 g/mol. The van der Waals surface area contributed by atoms with Crippen molar-refractivity contribution < 1.29 is 58.6 Å². The highest BCUT2D eigenvalue weighted by atomic mass is 31.2. The average Bonchev–Trinajstić information content (AvgIpc) is 3.01. The number of aliphatic hydroxyl groups is 6. The van der Waals surface area contributed by atoms with Gasteiger partial charge in [0.2, 0.25) is 0 Å². The summed E-state index contributed by atoms with van der Waals surface area (Å²) < 4.78 is 32.5. The van der Waals surface area contributed by atoms with Gasteiger partial charge in [-0.05, 0) is 6.07 Å². The Hall–Kier alpha value is -1.53. The summed E-state index contributed by atoms with van der Waals surface area (Å²) in [5.74, 6) is -0.0702. The fourth-order valence-electron chi connectivity index (χ4n) is 3.16. The maximum absolute atomic E-state index is 12.1. The van der Waals surface area contributed by atoms with Gasteiger partial charge in [0.15, 0.2) is 12.5 Å². The van der Waals surface area contributed by atoms with E-state index in [-0.39, 0.29) is 5.82 Å². The van der Waals surface area contributed by atoms with Crippen LogP contribution in [-0.4, -0.2) is 107 Å². The van der Waals surface area contributed by atoms with Gasteiger partial charge in [0, 0.05) is 6.20 Å². The molecule has 3 rings (SSSR count). The molecule has 0 amide bonds. The number of anilines is 1. The van der Waals surface area contributed by atoms with Gasteiger partial charge >= 0.3 is 13.5 Å². The highest BCUT2D eigenvalue weighted by Crippen LogP contribution is 2.45. The molecule has 1 aromatic rings. The van der Waals surface area contributed by atoms with Crippen molar-refractivity contribution in [2.24, 2.45) is 0 Å². The predicted molar refractivity (Wildman–Crippen MR) is 99.5 cm³/mol. The number of phosphoric acid groups is 1. The molecule has 2 aliphatic rings. The Morgan fingerprint density at radius 3 is 2.12 bits per heavy atom. The van der Waals surface area contributed by atoms with E-state index in [1.165, 1.54) is 12.3 Å². The molecule has 0 spiro atoms. The minimum absolute atomic E-state index is 0.0702. The van der Waals surface area contributed by atoms with Gasteiger partial charge < -0.3 is 50.7 Å². The summed E-state index contributed by atoms with van der Waals surface area (Å²) in [4.78, 5) is 25.2. The van der Waals surface area contributed by atoms with E-state index in [4.69, 9.17) is 19.7 Å². The van der Waals surface area contributed by atoms with Crippen LogP contribution in [-0.2, 0) is 23.1 Å². The zero-order chi connectivity index (χ0) is 23.8. The van der Waals surface area contributed by atoms with Crippen molar-refractivity contribution in [1.82, 2.24) is 9.55 Å². The van der Waals surface area contributed by atoms with Crippen LogP contribution >= 0.6 is 7.82 Å². The summed E-state index contributed by atoms with van der Waals surface area (Å²) in [7, 11) is -4.83. The molecule has 2 fully saturated rings. The molecule has 0 aliphatic carbocycles. The highest BCUT2D eigenvalue weighted by Gasteiger charge is 2.46. The lowest BCUT2D eigenvalue weighted by molar-refractivity contribution is -0.285. The number of nitrogens with two attached hydrogens (primary N) is 1. The van der Waals surface area contributed by atoms with Crippen LogP contribution in [0, 0.1) is 0 Å². The van der Waals surface area contributed by atoms with E-state index < -0.39 is 82.0 Å². The summed E-state index contributed by atoms with van der Waals surface area (Å²) in [6.45, 7) is -1.57. The van der Waals surface area contributed by atoms with Crippen LogP contribution in [0.5, 0.6) is 0 Å². The second-order valence-electron chi connectivity index (χ2n) is 7.19. The molecule has 32 heavy (non-hydrogen) atoms. The molecule has 9 N–H and O–H groups in total. The molecule has 10 atom stereocenters. The van der Waals surface area contributed by atoms with Gasteiger partial charge in [-0.1, -0.05) is 0 Å². The highest BCUT2D eigenvalue weighted by molar-refractivity contribution is 7.47. The first-order valence-corrected chi connectivity index (χ1v) is 10.8. The van der Waals surface area contributed by atoms with Crippen LogP contribution in [0.1, 0.15) is 6.23 Å². The van der Waals surface area contributed by atoms with Crippen molar-refractivity contribution in [2.75, 3.05) is 18.9 Å². The lowest BCUT2D eigenvalue weighted by Crippen LogP contribution is -2.58. The predicted octanol–water partition coefficient (Wildman–Crippen LogP) is -4.62. The number of hydrogen-bond acceptors (Lipinski definition) is 14. The molecule has 0 aromatic carbocycles. The maximum Gasteiger partial charge on any atom is 0.472 e. The van der Waals surface area contributed by atoms with Gasteiger partial charge in [-0.25, -0.2) is 9.36 Å². The van der Waals surface area contributed by atoms with Crippen molar-refractivity contribution in [1.29, 1.82) is 0 Å². The van der Waals surface area contributed by atoms with Gasteiger partial charge in [0.1, 0.15) is 48.5 Å². The van der Waals surface area contributed by atoms with Crippen LogP contribution in [0.4, 0.5) is 5.82 Å². The number of nitrogens with zero attached hydrogens (tertiary/aromatic N) is 2. The van der Waals surface area contributed by atoms with Crippen molar-refractivity contribution in [2.45, 2.75) is 55.2 Å². The molecule has 17 heteroatoms. The summed E-state index contributed by atoms with van der Waals surface area (Å²) in [5, 5.41) is 58.6. The van der Waals surface area contributed by atoms with Crippen LogP contribution in [0.3, 0.4) is 0 Å². The summed E-state index contributed by atoms with van der Waals surface area (Å²) in [6, 6.07) is 1.26. The molecule has 0 radical (unpaired) electrons. The van der Waals surface area contributed by atoms with Crippen LogP contribution in [0.25, 0.3) is 0 Å². The minimum atomic E-state index is -4.83. The van der Waals surface area contributed by atoms with E-state index in [9.17, 15) is 44.9 Å². The van der Waals surface area contributed by atoms with E-state index in [1.807, 2.05) is 0 Å². The Kier molecular flexibility index (Phi) is 7.66. The van der Waals surface area contributed by atoms with E-state index in [0.29, 0.717) is 0 Å². The maximum atomic E-state index is 12.1. The number of phosphoric ester groups is 1. The number of aliphatic hydroxyl groups excluding tert-OH is 6. The summed E-state index contributed by atoms with van der Waals surface area (Å²) in [6.07, 6.45) is -13.4. The van der Waals surface area contributed by atoms with E-state index >= 15 is 0 Å². The lowest BCUT2D eigenvalue weighted by Gasteiger charge is -2.38. The Bertz CT molecular complexity index is 902. The third kappa shape index (κ3) is 5.33. The van der Waals surface area contributed by atoms with Gasteiger partial charge in [-0.3, -0.25) is 13.6 Å². The van der Waals surface area contributed by atoms with E-state index in [1.54, 1.807) is 0 Å². The van der Waals surface area contributed by atoms with Crippen LogP contribution in [0.15, 0.2) is 17.1 Å². The SMILES string of the molecule is Nc1ccn([C@@H]2OC(COP(=O)(O)OC[C@H]3O[C@H](O)[C@H](O)[C@@H](O)[C@@H]3O)[C@@H](O)[C@@H]2O)c(=O)n1. The zero-order valence-corrected chi connectivity index (χ0v) is 17.2. The van der Waals surface area contributed by atoms with Crippen LogP contribution in [0.2, 0.25) is 0 Å². The second kappa shape index (κ2) is 9.76. The normalized spacial score (nSPS) is 39.7. The fraction of sp³-hybridized carbons (Fsp3) is 0.733. The average molecular weight is 485 g/mol. The summed E-state index contributed by atoms with van der Waals surface area (Å²) in [5.41, 5.74) is 4.53. The number of ether oxygens (including phenoxy) is 2. The van der Waals surface area contributed by atoms with Gasteiger partial charge in [-0.15, -0.1) is 0 Å². The molecule has 0 saturated carbocycles. The molecule has 2 saturated heterocycles. The number of nitrogen functional groups attached to an aromatic ring is 1. The fourth-order valence-corrected chi connectivity index (χ4v) is 3.90. The summed E-state index contributed by atoms with van der Waals surface area (Å²) >= 11 is 0. The van der Waals surface area contributed by atoms with Crippen molar-refractivity contribution in [3.8, 4) is 0 Å². The van der Waals surface area contributed by atoms with Crippen molar-refractivity contribution in [3.63, 3.8) is 0 Å². The van der Waals surface area contributed by atoms with Gasteiger partial charge in [0.05, 0.1) is 13.2 Å². The number of aromatic nitrogens is 2. The molecule has 2 aliphatic heterocycles. The first kappa shape index (κ1) is 25.1. The topological polar surface area (TPSA) is 257 Å².